The molecule has 0 fully saturated rings. The fourth-order valence-corrected chi connectivity index (χ4v) is 3.62. The molecule has 0 saturated heterocycles. The zero-order valence-electron chi connectivity index (χ0n) is 8.06. The molecule has 2 aromatic rings. The number of rotatable bonds is 4. The molecule has 0 amide bonds. The lowest BCUT2D eigenvalue weighted by Gasteiger charge is -2.12. The van der Waals surface area contributed by atoms with Gasteiger partial charge in [-0.2, -0.15) is 0 Å². The molecule has 4 heteroatoms. The Labute approximate surface area is 91.4 Å². The number of nitrogens with zero attached hydrogens (tertiary/aromatic N) is 1. The average Bonchev–Trinajstić information content (AvgIpc) is 2.63. The van der Waals surface area contributed by atoms with E-state index in [-0.39, 0.29) is 6.61 Å². The minimum atomic E-state index is 0.232. The van der Waals surface area contributed by atoms with Gasteiger partial charge in [0.25, 0.3) is 0 Å². The van der Waals surface area contributed by atoms with E-state index in [0.717, 1.165) is 13.1 Å². The number of aliphatic hydroxyl groups is 1. The minimum Gasteiger partial charge on any atom is -0.395 e. The van der Waals surface area contributed by atoms with Crippen molar-refractivity contribution in [3.05, 3.63) is 22.4 Å². The molecule has 0 aromatic carbocycles. The van der Waals surface area contributed by atoms with E-state index in [2.05, 4.69) is 22.4 Å². The zero-order chi connectivity index (χ0) is 9.97. The van der Waals surface area contributed by atoms with Gasteiger partial charge in [0.2, 0.25) is 0 Å². The number of hydrogen-bond donors (Lipinski definition) is 1. The number of hydrogen-bond acceptors (Lipinski definition) is 4. The normalized spacial score (nSPS) is 11.6. The molecule has 0 atom stereocenters. The van der Waals surface area contributed by atoms with Crippen LogP contribution in [0.1, 0.15) is 4.88 Å². The van der Waals surface area contributed by atoms with E-state index in [1.807, 2.05) is 18.4 Å². The maximum absolute atomic E-state index is 8.78. The van der Waals surface area contributed by atoms with Crippen LogP contribution in [0.25, 0.3) is 9.40 Å². The molecule has 0 unspecified atom stereocenters. The fourth-order valence-electron chi connectivity index (χ4n) is 1.41. The van der Waals surface area contributed by atoms with Crippen molar-refractivity contribution in [1.29, 1.82) is 0 Å². The standard InChI is InChI=1S/C10H13NOS2/c1-11(3-4-12)7-8-6-10-9(14-8)2-5-13-10/h2,5-6,12H,3-4,7H2,1H3. The highest BCUT2D eigenvalue weighted by atomic mass is 32.1. The van der Waals surface area contributed by atoms with Crippen molar-refractivity contribution in [1.82, 2.24) is 4.90 Å². The van der Waals surface area contributed by atoms with E-state index in [0.29, 0.717) is 0 Å². The molecule has 0 saturated carbocycles. The zero-order valence-corrected chi connectivity index (χ0v) is 9.70. The van der Waals surface area contributed by atoms with Crippen molar-refractivity contribution < 1.29 is 5.11 Å². The van der Waals surface area contributed by atoms with E-state index in [1.54, 1.807) is 11.3 Å². The summed E-state index contributed by atoms with van der Waals surface area (Å²) in [4.78, 5) is 3.51. The molecule has 1 N–H and O–H groups in total. The highest BCUT2D eigenvalue weighted by molar-refractivity contribution is 7.26. The molecular formula is C10H13NOS2. The first-order chi connectivity index (χ1) is 6.79. The average molecular weight is 227 g/mol. The van der Waals surface area contributed by atoms with Gasteiger partial charge in [-0.15, -0.1) is 22.7 Å². The Morgan fingerprint density at radius 3 is 3.00 bits per heavy atom. The van der Waals surface area contributed by atoms with E-state index < -0.39 is 0 Å². The first-order valence-electron chi connectivity index (χ1n) is 4.55. The molecule has 2 heterocycles. The van der Waals surface area contributed by atoms with Crippen molar-refractivity contribution in [2.24, 2.45) is 0 Å². The van der Waals surface area contributed by atoms with E-state index >= 15 is 0 Å². The molecule has 0 bridgehead atoms. The second kappa shape index (κ2) is 4.40. The Kier molecular flexibility index (Phi) is 3.18. The third-order valence-electron chi connectivity index (χ3n) is 2.10. The second-order valence-electron chi connectivity index (χ2n) is 3.32. The van der Waals surface area contributed by atoms with Crippen LogP contribution in [0.15, 0.2) is 17.5 Å². The highest BCUT2D eigenvalue weighted by Crippen LogP contribution is 2.30. The molecule has 76 valence electrons. The Hall–Kier alpha value is -0.420. The Morgan fingerprint density at radius 1 is 1.43 bits per heavy atom. The van der Waals surface area contributed by atoms with Gasteiger partial charge in [-0.05, 0) is 24.6 Å². The predicted molar refractivity (Wildman–Crippen MR) is 63.1 cm³/mol. The summed E-state index contributed by atoms with van der Waals surface area (Å²) < 4.78 is 2.75. The summed E-state index contributed by atoms with van der Waals surface area (Å²) in [5.74, 6) is 0. The van der Waals surface area contributed by atoms with E-state index in [1.165, 1.54) is 14.3 Å². The number of fused-ring (bicyclic) bond motifs is 1. The van der Waals surface area contributed by atoms with Crippen LogP contribution in [0.3, 0.4) is 0 Å². The third-order valence-corrected chi connectivity index (χ3v) is 4.18. The van der Waals surface area contributed by atoms with Crippen molar-refractivity contribution in [2.75, 3.05) is 20.2 Å². The van der Waals surface area contributed by atoms with E-state index in [4.69, 9.17) is 5.11 Å². The summed E-state index contributed by atoms with van der Waals surface area (Å²) in [5.41, 5.74) is 0. The fraction of sp³-hybridized carbons (Fsp3) is 0.400. The summed E-state index contributed by atoms with van der Waals surface area (Å²) in [6.45, 7) is 1.91. The lowest BCUT2D eigenvalue weighted by Crippen LogP contribution is -2.20. The SMILES string of the molecule is CN(CCO)Cc1cc2sccc2s1. The second-order valence-corrected chi connectivity index (χ2v) is 5.44. The Balaban J connectivity index is 2.08. The first kappa shape index (κ1) is 10.1. The summed E-state index contributed by atoms with van der Waals surface area (Å²) in [7, 11) is 2.03. The smallest absolute Gasteiger partial charge is 0.0558 e. The van der Waals surface area contributed by atoms with Crippen LogP contribution >= 0.6 is 22.7 Å². The molecule has 0 radical (unpaired) electrons. The maximum atomic E-state index is 8.78. The van der Waals surface area contributed by atoms with Crippen LogP contribution in [0.4, 0.5) is 0 Å². The van der Waals surface area contributed by atoms with Crippen molar-refractivity contribution in [3.63, 3.8) is 0 Å². The third kappa shape index (κ3) is 2.15. The van der Waals surface area contributed by atoms with Crippen molar-refractivity contribution in [2.45, 2.75) is 6.54 Å². The molecular weight excluding hydrogens is 214 g/mol. The minimum absolute atomic E-state index is 0.232. The topological polar surface area (TPSA) is 23.5 Å². The van der Waals surface area contributed by atoms with Crippen LogP contribution in [0.2, 0.25) is 0 Å². The summed E-state index contributed by atoms with van der Waals surface area (Å²) in [6.07, 6.45) is 0. The molecule has 0 aliphatic rings. The van der Waals surface area contributed by atoms with Gasteiger partial charge in [0.05, 0.1) is 6.61 Å². The lowest BCUT2D eigenvalue weighted by atomic mass is 10.4. The van der Waals surface area contributed by atoms with Crippen LogP contribution in [0, 0.1) is 0 Å². The number of likely N-dealkylation sites (N-methyl/N-ethyl adjacent to an activating group) is 1. The highest BCUT2D eigenvalue weighted by Gasteiger charge is 2.05. The first-order valence-corrected chi connectivity index (χ1v) is 6.24. The lowest BCUT2D eigenvalue weighted by molar-refractivity contribution is 0.218. The molecule has 0 spiro atoms. The van der Waals surface area contributed by atoms with Gasteiger partial charge < -0.3 is 5.11 Å². The van der Waals surface area contributed by atoms with Gasteiger partial charge in [0.1, 0.15) is 0 Å². The summed E-state index contributed by atoms with van der Waals surface area (Å²) >= 11 is 3.64. The predicted octanol–water partition coefficient (Wildman–Crippen LogP) is 2.39. The van der Waals surface area contributed by atoms with Crippen LogP contribution in [0.5, 0.6) is 0 Å². The molecule has 2 rings (SSSR count). The van der Waals surface area contributed by atoms with Gasteiger partial charge in [0.15, 0.2) is 0 Å². The van der Waals surface area contributed by atoms with Gasteiger partial charge in [-0.25, -0.2) is 0 Å². The van der Waals surface area contributed by atoms with Gasteiger partial charge in [0, 0.05) is 27.4 Å². The van der Waals surface area contributed by atoms with Gasteiger partial charge >= 0.3 is 0 Å². The molecule has 14 heavy (non-hydrogen) atoms. The van der Waals surface area contributed by atoms with Crippen molar-refractivity contribution in [3.8, 4) is 0 Å². The Morgan fingerprint density at radius 2 is 2.29 bits per heavy atom. The monoisotopic (exact) mass is 227 g/mol. The number of thiophene rings is 2. The number of aliphatic hydroxyl groups excluding tert-OH is 1. The largest absolute Gasteiger partial charge is 0.395 e. The Bertz CT molecular complexity index is 378. The molecule has 2 aromatic heterocycles. The van der Waals surface area contributed by atoms with Crippen LogP contribution < -0.4 is 0 Å². The maximum Gasteiger partial charge on any atom is 0.0558 e. The summed E-state index contributed by atoms with van der Waals surface area (Å²) in [5, 5.41) is 10.9. The van der Waals surface area contributed by atoms with E-state index in [9.17, 15) is 0 Å². The van der Waals surface area contributed by atoms with Crippen LogP contribution in [-0.4, -0.2) is 30.2 Å². The van der Waals surface area contributed by atoms with Gasteiger partial charge in [-0.3, -0.25) is 4.90 Å². The van der Waals surface area contributed by atoms with Crippen LogP contribution in [-0.2, 0) is 6.54 Å². The summed E-state index contributed by atoms with van der Waals surface area (Å²) in [6, 6.07) is 4.42. The molecule has 0 aliphatic heterocycles. The quantitative estimate of drug-likeness (QED) is 0.867. The molecule has 2 nitrogen and oxygen atoms in total. The molecule has 0 aliphatic carbocycles. The van der Waals surface area contributed by atoms with Gasteiger partial charge in [-0.1, -0.05) is 0 Å². The van der Waals surface area contributed by atoms with Crippen molar-refractivity contribution >= 4 is 32.1 Å².